The maximum Gasteiger partial charge on any atom is 0.247 e. The van der Waals surface area contributed by atoms with E-state index >= 15 is 0 Å². The molecule has 3 rings (SSSR count). The molecule has 2 aliphatic heterocycles. The standard InChI is InChI=1S/C17H26N4O3S/c1-5-7-16(22)20-10-13-14(11-20)21(12(2)3)25(23,24)15-8-6-9-18-17(15)19(13)4/h6,8-9,12-14H,5,7,10-11H2,1-4H3/t13-,14-/m0/s1. The average molecular weight is 366 g/mol. The van der Waals surface area contributed by atoms with E-state index in [1.807, 2.05) is 32.7 Å². The Morgan fingerprint density at radius 1 is 1.32 bits per heavy atom. The van der Waals surface area contributed by atoms with Crippen LogP contribution in [-0.2, 0) is 14.8 Å². The number of sulfonamides is 1. The van der Waals surface area contributed by atoms with E-state index < -0.39 is 10.0 Å². The summed E-state index contributed by atoms with van der Waals surface area (Å²) in [7, 11) is -1.80. The van der Waals surface area contributed by atoms with Crippen molar-refractivity contribution in [2.24, 2.45) is 0 Å². The van der Waals surface area contributed by atoms with E-state index in [2.05, 4.69) is 4.98 Å². The number of hydrogen-bond donors (Lipinski definition) is 0. The second kappa shape index (κ2) is 6.57. The van der Waals surface area contributed by atoms with Crippen molar-refractivity contribution in [1.82, 2.24) is 14.2 Å². The molecular formula is C17H26N4O3S. The molecular weight excluding hydrogens is 340 g/mol. The molecule has 1 amide bonds. The fraction of sp³-hybridized carbons (Fsp3) is 0.647. The number of pyridine rings is 1. The summed E-state index contributed by atoms with van der Waals surface area (Å²) in [6.45, 7) is 6.69. The molecule has 0 N–H and O–H groups in total. The number of amides is 1. The van der Waals surface area contributed by atoms with Crippen molar-refractivity contribution in [3.8, 4) is 0 Å². The third kappa shape index (κ3) is 2.91. The second-order valence-electron chi connectivity index (χ2n) is 7.05. The minimum Gasteiger partial charge on any atom is -0.352 e. The monoisotopic (exact) mass is 366 g/mol. The van der Waals surface area contributed by atoms with Gasteiger partial charge in [-0.25, -0.2) is 13.4 Å². The minimum absolute atomic E-state index is 0.0892. The summed E-state index contributed by atoms with van der Waals surface area (Å²) in [6, 6.07) is 2.70. The molecule has 1 saturated heterocycles. The Bertz CT molecular complexity index is 765. The van der Waals surface area contributed by atoms with Crippen LogP contribution in [0.15, 0.2) is 23.2 Å². The molecule has 1 aromatic heterocycles. The van der Waals surface area contributed by atoms with E-state index in [0.29, 0.717) is 25.3 Å². The molecule has 3 heterocycles. The fourth-order valence-corrected chi connectivity index (χ4v) is 5.96. The van der Waals surface area contributed by atoms with Gasteiger partial charge >= 0.3 is 0 Å². The van der Waals surface area contributed by atoms with E-state index in [9.17, 15) is 13.2 Å². The summed E-state index contributed by atoms with van der Waals surface area (Å²) in [5.41, 5.74) is 0. The van der Waals surface area contributed by atoms with Gasteiger partial charge < -0.3 is 9.80 Å². The van der Waals surface area contributed by atoms with Crippen molar-refractivity contribution >= 4 is 21.7 Å². The van der Waals surface area contributed by atoms with Crippen molar-refractivity contribution < 1.29 is 13.2 Å². The van der Waals surface area contributed by atoms with Gasteiger partial charge in [0.25, 0.3) is 0 Å². The SMILES string of the molecule is CCCC(=O)N1C[C@H]2[C@H](C1)N(C(C)C)S(=O)(=O)c1cccnc1N2C. The van der Waals surface area contributed by atoms with Gasteiger partial charge in [-0.2, -0.15) is 4.31 Å². The van der Waals surface area contributed by atoms with Gasteiger partial charge in [-0.3, -0.25) is 4.79 Å². The summed E-state index contributed by atoms with van der Waals surface area (Å²) in [5, 5.41) is 0. The quantitative estimate of drug-likeness (QED) is 0.806. The number of fused-ring (bicyclic) bond motifs is 2. The van der Waals surface area contributed by atoms with Crippen molar-refractivity contribution in [3.05, 3.63) is 18.3 Å². The van der Waals surface area contributed by atoms with Crippen LogP contribution >= 0.6 is 0 Å². The van der Waals surface area contributed by atoms with Gasteiger partial charge in [-0.05, 0) is 32.4 Å². The number of likely N-dealkylation sites (tertiary alicyclic amines) is 1. The van der Waals surface area contributed by atoms with Gasteiger partial charge in [0.15, 0.2) is 0 Å². The summed E-state index contributed by atoms with van der Waals surface area (Å²) in [6.07, 6.45) is 2.89. The normalized spacial score (nSPS) is 25.6. The van der Waals surface area contributed by atoms with Crippen molar-refractivity contribution in [2.75, 3.05) is 25.0 Å². The molecule has 25 heavy (non-hydrogen) atoms. The van der Waals surface area contributed by atoms with Crippen molar-refractivity contribution in [1.29, 1.82) is 0 Å². The first-order chi connectivity index (χ1) is 11.8. The first-order valence-electron chi connectivity index (χ1n) is 8.78. The molecule has 1 aromatic rings. The molecule has 0 bridgehead atoms. The molecule has 0 spiro atoms. The van der Waals surface area contributed by atoms with E-state index in [-0.39, 0.29) is 28.9 Å². The molecule has 0 radical (unpaired) electrons. The molecule has 0 aliphatic carbocycles. The molecule has 2 aliphatic rings. The Hall–Kier alpha value is -1.67. The molecule has 1 fully saturated rings. The van der Waals surface area contributed by atoms with Gasteiger partial charge in [0, 0.05) is 38.8 Å². The maximum absolute atomic E-state index is 13.3. The van der Waals surface area contributed by atoms with Crippen molar-refractivity contribution in [2.45, 2.75) is 56.6 Å². The molecule has 7 nitrogen and oxygen atoms in total. The first-order valence-corrected chi connectivity index (χ1v) is 10.2. The highest BCUT2D eigenvalue weighted by atomic mass is 32.2. The van der Waals surface area contributed by atoms with Gasteiger partial charge in [0.1, 0.15) is 10.7 Å². The van der Waals surface area contributed by atoms with Crippen LogP contribution in [0.3, 0.4) is 0 Å². The highest BCUT2D eigenvalue weighted by Crippen LogP contribution is 2.37. The number of carbonyl (C=O) groups excluding carboxylic acids is 1. The fourth-order valence-electron chi connectivity index (χ4n) is 3.93. The summed E-state index contributed by atoms with van der Waals surface area (Å²) in [5.74, 6) is 0.553. The predicted molar refractivity (Wildman–Crippen MR) is 95.9 cm³/mol. The lowest BCUT2D eigenvalue weighted by Crippen LogP contribution is -2.52. The number of anilines is 1. The van der Waals surface area contributed by atoms with Crippen LogP contribution in [0, 0.1) is 0 Å². The zero-order valence-corrected chi connectivity index (χ0v) is 16.0. The highest BCUT2D eigenvalue weighted by Gasteiger charge is 2.49. The largest absolute Gasteiger partial charge is 0.352 e. The molecule has 138 valence electrons. The van der Waals surface area contributed by atoms with Crippen molar-refractivity contribution in [3.63, 3.8) is 0 Å². The number of carbonyl (C=O) groups is 1. The topological polar surface area (TPSA) is 73.8 Å². The maximum atomic E-state index is 13.3. The number of hydrogen-bond acceptors (Lipinski definition) is 5. The first kappa shape index (κ1) is 18.1. The van der Waals surface area contributed by atoms with Crippen LogP contribution in [0.25, 0.3) is 0 Å². The number of aromatic nitrogens is 1. The van der Waals surface area contributed by atoms with E-state index in [4.69, 9.17) is 0 Å². The van der Waals surface area contributed by atoms with Crippen LogP contribution < -0.4 is 4.90 Å². The van der Waals surface area contributed by atoms with Crippen LogP contribution in [0.5, 0.6) is 0 Å². The van der Waals surface area contributed by atoms with Gasteiger partial charge in [0.05, 0.1) is 12.1 Å². The molecule has 2 atom stereocenters. The molecule has 8 heteroatoms. The lowest BCUT2D eigenvalue weighted by molar-refractivity contribution is -0.130. The zero-order valence-electron chi connectivity index (χ0n) is 15.2. The van der Waals surface area contributed by atoms with E-state index in [0.717, 1.165) is 6.42 Å². The van der Waals surface area contributed by atoms with Crippen LogP contribution in [0.1, 0.15) is 33.6 Å². The van der Waals surface area contributed by atoms with Crippen LogP contribution in [-0.4, -0.2) is 66.8 Å². The number of nitrogens with zero attached hydrogens (tertiary/aromatic N) is 4. The summed E-state index contributed by atoms with van der Waals surface area (Å²) in [4.78, 5) is 20.7. The third-order valence-corrected chi connectivity index (χ3v) is 7.17. The number of rotatable bonds is 3. The minimum atomic E-state index is -3.68. The van der Waals surface area contributed by atoms with Gasteiger partial charge in [-0.15, -0.1) is 0 Å². The van der Waals surface area contributed by atoms with Crippen LogP contribution in [0.4, 0.5) is 5.82 Å². The Kier molecular flexibility index (Phi) is 4.76. The Labute approximate surface area is 149 Å². The predicted octanol–water partition coefficient (Wildman–Crippen LogP) is 1.31. The smallest absolute Gasteiger partial charge is 0.247 e. The lowest BCUT2D eigenvalue weighted by atomic mass is 10.1. The molecule has 0 saturated carbocycles. The Morgan fingerprint density at radius 2 is 2.00 bits per heavy atom. The third-order valence-electron chi connectivity index (χ3n) is 5.05. The van der Waals surface area contributed by atoms with Gasteiger partial charge in [0.2, 0.25) is 15.9 Å². The molecule has 0 unspecified atom stereocenters. The second-order valence-corrected chi connectivity index (χ2v) is 8.86. The average Bonchev–Trinajstić information content (AvgIpc) is 2.96. The lowest BCUT2D eigenvalue weighted by Gasteiger charge is -2.33. The van der Waals surface area contributed by atoms with E-state index in [1.54, 1.807) is 27.5 Å². The van der Waals surface area contributed by atoms with Gasteiger partial charge in [-0.1, -0.05) is 6.92 Å². The highest BCUT2D eigenvalue weighted by molar-refractivity contribution is 7.89. The number of likely N-dealkylation sites (N-methyl/N-ethyl adjacent to an activating group) is 1. The molecule has 0 aromatic carbocycles. The van der Waals surface area contributed by atoms with E-state index in [1.165, 1.54) is 0 Å². The summed E-state index contributed by atoms with van der Waals surface area (Å²) >= 11 is 0. The van der Waals surface area contributed by atoms with Crippen LogP contribution in [0.2, 0.25) is 0 Å². The zero-order chi connectivity index (χ0) is 18.4. The Morgan fingerprint density at radius 3 is 2.64 bits per heavy atom. The summed E-state index contributed by atoms with van der Waals surface area (Å²) < 4.78 is 28.2. The Balaban J connectivity index is 2.09.